The lowest BCUT2D eigenvalue weighted by Crippen LogP contribution is -2.36. The first-order valence-corrected chi connectivity index (χ1v) is 9.50. The van der Waals surface area contributed by atoms with Crippen LogP contribution >= 0.6 is 23.2 Å². The summed E-state index contributed by atoms with van der Waals surface area (Å²) in [5.74, 6) is 0. The number of nitrogens with zero attached hydrogens (tertiary/aromatic N) is 3. The van der Waals surface area contributed by atoms with E-state index < -0.39 is 0 Å². The molecule has 4 rings (SSSR count). The van der Waals surface area contributed by atoms with Crippen LogP contribution in [0, 0.1) is 0 Å². The summed E-state index contributed by atoms with van der Waals surface area (Å²) < 4.78 is 7.42. The van der Waals surface area contributed by atoms with E-state index in [0.29, 0.717) is 10.0 Å². The minimum atomic E-state index is 0.558. The molecule has 2 aliphatic rings. The maximum absolute atomic E-state index is 6.18. The van der Waals surface area contributed by atoms with Gasteiger partial charge in [-0.05, 0) is 43.0 Å². The summed E-state index contributed by atoms with van der Waals surface area (Å²) in [6, 6.07) is 5.67. The number of ether oxygens (including phenoxy) is 1. The maximum atomic E-state index is 6.18. The molecule has 6 heteroatoms. The van der Waals surface area contributed by atoms with Gasteiger partial charge in [0.25, 0.3) is 0 Å². The fourth-order valence-electron chi connectivity index (χ4n) is 3.54. The molecule has 0 N–H and O–H groups in total. The predicted octanol–water partition coefficient (Wildman–Crippen LogP) is 4.23. The molecule has 0 bridgehead atoms. The van der Waals surface area contributed by atoms with Crippen LogP contribution < -0.4 is 0 Å². The normalized spacial score (nSPS) is 20.0. The average molecular weight is 378 g/mol. The summed E-state index contributed by atoms with van der Waals surface area (Å²) in [4.78, 5) is 2.44. The molecule has 1 saturated heterocycles. The van der Waals surface area contributed by atoms with Crippen molar-refractivity contribution < 1.29 is 4.74 Å². The molecule has 25 heavy (non-hydrogen) atoms. The topological polar surface area (TPSA) is 30.3 Å². The molecule has 1 aliphatic heterocycles. The second kappa shape index (κ2) is 7.50. The molecule has 132 valence electrons. The second-order valence-electron chi connectivity index (χ2n) is 6.51. The van der Waals surface area contributed by atoms with Gasteiger partial charge in [0.2, 0.25) is 0 Å². The minimum absolute atomic E-state index is 0.558. The summed E-state index contributed by atoms with van der Waals surface area (Å²) in [6.45, 7) is 4.68. The Bertz CT molecular complexity index is 794. The molecule has 2 aromatic rings. The molecular weight excluding hydrogens is 357 g/mol. The lowest BCUT2D eigenvalue weighted by atomic mass is 9.92. The van der Waals surface area contributed by atoms with Crippen LogP contribution in [-0.2, 0) is 11.2 Å². The number of morpholine rings is 1. The SMILES string of the molecule is Clc1ccc(-n2ncc3c2CCC/C3=C\CN2CCOCC2)cc1Cl. The molecule has 1 aliphatic carbocycles. The van der Waals surface area contributed by atoms with Gasteiger partial charge in [-0.15, -0.1) is 0 Å². The van der Waals surface area contributed by atoms with Crippen LogP contribution in [0.5, 0.6) is 0 Å². The van der Waals surface area contributed by atoms with E-state index in [1.165, 1.54) is 16.8 Å². The van der Waals surface area contributed by atoms with E-state index in [-0.39, 0.29) is 0 Å². The Kier molecular flexibility index (Phi) is 5.13. The summed E-state index contributed by atoms with van der Waals surface area (Å²) in [6.07, 6.45) is 7.65. The lowest BCUT2D eigenvalue weighted by Gasteiger charge is -2.26. The van der Waals surface area contributed by atoms with Crippen LogP contribution in [0.4, 0.5) is 0 Å². The highest BCUT2D eigenvalue weighted by Gasteiger charge is 2.20. The van der Waals surface area contributed by atoms with Crippen LogP contribution in [0.15, 0.2) is 30.5 Å². The number of hydrogen-bond donors (Lipinski definition) is 0. The minimum Gasteiger partial charge on any atom is -0.379 e. The monoisotopic (exact) mass is 377 g/mol. The van der Waals surface area contributed by atoms with E-state index in [2.05, 4.69) is 16.1 Å². The number of rotatable bonds is 3. The smallest absolute Gasteiger partial charge is 0.0664 e. The number of allylic oxidation sites excluding steroid dienone is 1. The van der Waals surface area contributed by atoms with Gasteiger partial charge in [0.05, 0.1) is 40.8 Å². The Morgan fingerprint density at radius 2 is 1.96 bits per heavy atom. The van der Waals surface area contributed by atoms with E-state index >= 15 is 0 Å². The molecule has 0 radical (unpaired) electrons. The number of hydrogen-bond acceptors (Lipinski definition) is 3. The Balaban J connectivity index is 1.60. The van der Waals surface area contributed by atoms with Gasteiger partial charge < -0.3 is 4.74 Å². The first kappa shape index (κ1) is 17.1. The fourth-order valence-corrected chi connectivity index (χ4v) is 3.83. The molecule has 0 spiro atoms. The zero-order valence-electron chi connectivity index (χ0n) is 14.0. The van der Waals surface area contributed by atoms with Crippen molar-refractivity contribution in [2.75, 3.05) is 32.8 Å². The summed E-state index contributed by atoms with van der Waals surface area (Å²) >= 11 is 12.2. The van der Waals surface area contributed by atoms with E-state index in [1.54, 1.807) is 0 Å². The average Bonchev–Trinajstić information content (AvgIpc) is 3.08. The standard InChI is InChI=1S/C19H21Cl2N3O/c20-17-5-4-15(12-18(17)21)24-19-3-1-2-14(16(19)13-22-24)6-7-23-8-10-25-11-9-23/h4-6,12-13H,1-3,7-11H2/b14-6+. The van der Waals surface area contributed by atoms with Crippen LogP contribution in [0.2, 0.25) is 10.0 Å². The van der Waals surface area contributed by atoms with Gasteiger partial charge in [-0.3, -0.25) is 4.90 Å². The highest BCUT2D eigenvalue weighted by Crippen LogP contribution is 2.33. The van der Waals surface area contributed by atoms with Crippen LogP contribution in [0.25, 0.3) is 11.3 Å². The first-order valence-electron chi connectivity index (χ1n) is 8.74. The molecular formula is C19H21Cl2N3O. The van der Waals surface area contributed by atoms with E-state index in [0.717, 1.165) is 57.8 Å². The van der Waals surface area contributed by atoms with E-state index in [1.807, 2.05) is 29.1 Å². The third kappa shape index (κ3) is 3.63. The zero-order valence-corrected chi connectivity index (χ0v) is 15.6. The number of benzene rings is 1. The molecule has 0 unspecified atom stereocenters. The van der Waals surface area contributed by atoms with Gasteiger partial charge in [-0.2, -0.15) is 5.10 Å². The zero-order chi connectivity index (χ0) is 17.2. The highest BCUT2D eigenvalue weighted by molar-refractivity contribution is 6.42. The second-order valence-corrected chi connectivity index (χ2v) is 7.33. The van der Waals surface area contributed by atoms with Gasteiger partial charge in [0.15, 0.2) is 0 Å². The van der Waals surface area contributed by atoms with Crippen LogP contribution in [0.3, 0.4) is 0 Å². The van der Waals surface area contributed by atoms with E-state index in [9.17, 15) is 0 Å². The van der Waals surface area contributed by atoms with Crippen molar-refractivity contribution in [1.29, 1.82) is 0 Å². The van der Waals surface area contributed by atoms with Crippen molar-refractivity contribution in [3.8, 4) is 5.69 Å². The van der Waals surface area contributed by atoms with Crippen molar-refractivity contribution in [2.24, 2.45) is 0 Å². The van der Waals surface area contributed by atoms with Gasteiger partial charge in [-0.25, -0.2) is 4.68 Å². The number of fused-ring (bicyclic) bond motifs is 1. The molecule has 4 nitrogen and oxygen atoms in total. The molecule has 0 saturated carbocycles. The third-order valence-electron chi connectivity index (χ3n) is 4.92. The highest BCUT2D eigenvalue weighted by atomic mass is 35.5. The van der Waals surface area contributed by atoms with Crippen molar-refractivity contribution in [1.82, 2.24) is 14.7 Å². The molecule has 0 amide bonds. The van der Waals surface area contributed by atoms with Gasteiger partial charge in [0.1, 0.15) is 0 Å². The number of halogens is 2. The molecule has 1 fully saturated rings. The maximum Gasteiger partial charge on any atom is 0.0664 e. The van der Waals surface area contributed by atoms with Crippen LogP contribution in [0.1, 0.15) is 24.1 Å². The summed E-state index contributed by atoms with van der Waals surface area (Å²) in [5.41, 5.74) is 4.90. The molecule has 0 atom stereocenters. The Morgan fingerprint density at radius 1 is 1.12 bits per heavy atom. The largest absolute Gasteiger partial charge is 0.379 e. The fraction of sp³-hybridized carbons (Fsp3) is 0.421. The molecule has 1 aromatic heterocycles. The van der Waals surface area contributed by atoms with Gasteiger partial charge in [-0.1, -0.05) is 29.3 Å². The van der Waals surface area contributed by atoms with Crippen molar-refractivity contribution in [3.05, 3.63) is 51.8 Å². The Morgan fingerprint density at radius 3 is 2.76 bits per heavy atom. The third-order valence-corrected chi connectivity index (χ3v) is 5.66. The molecule has 1 aromatic carbocycles. The first-order chi connectivity index (χ1) is 12.2. The Hall–Kier alpha value is -1.33. The van der Waals surface area contributed by atoms with Crippen LogP contribution in [-0.4, -0.2) is 47.5 Å². The van der Waals surface area contributed by atoms with Crippen molar-refractivity contribution >= 4 is 28.8 Å². The van der Waals surface area contributed by atoms with Gasteiger partial charge in [0, 0.05) is 25.2 Å². The van der Waals surface area contributed by atoms with Crippen molar-refractivity contribution in [3.63, 3.8) is 0 Å². The lowest BCUT2D eigenvalue weighted by molar-refractivity contribution is 0.0434. The number of aromatic nitrogens is 2. The Labute approximate surface area is 158 Å². The summed E-state index contributed by atoms with van der Waals surface area (Å²) in [7, 11) is 0. The van der Waals surface area contributed by atoms with E-state index in [4.69, 9.17) is 27.9 Å². The molecule has 2 heterocycles. The quantitative estimate of drug-likeness (QED) is 0.801. The van der Waals surface area contributed by atoms with Gasteiger partial charge >= 0.3 is 0 Å². The van der Waals surface area contributed by atoms with Crippen molar-refractivity contribution in [2.45, 2.75) is 19.3 Å². The predicted molar refractivity (Wildman–Crippen MR) is 102 cm³/mol. The summed E-state index contributed by atoms with van der Waals surface area (Å²) in [5, 5.41) is 5.75.